The molecule has 0 saturated heterocycles. The van der Waals surface area contributed by atoms with Crippen LogP contribution in [0, 0.1) is 0 Å². The molecule has 1 aromatic heterocycles. The number of halogens is 3. The molecule has 1 unspecified atom stereocenters. The summed E-state index contributed by atoms with van der Waals surface area (Å²) in [4.78, 5) is 23.2. The molecule has 0 bridgehead atoms. The number of nitrogens with one attached hydrogen (secondary N) is 1. The predicted molar refractivity (Wildman–Crippen MR) is 77.2 cm³/mol. The van der Waals surface area contributed by atoms with Gasteiger partial charge < -0.3 is 15.0 Å². The van der Waals surface area contributed by atoms with Crippen LogP contribution in [0.4, 0.5) is 13.2 Å². The third-order valence-electron chi connectivity index (χ3n) is 3.41. The van der Waals surface area contributed by atoms with E-state index in [1.165, 1.54) is 6.20 Å². The number of benzene rings is 1. The lowest BCUT2D eigenvalue weighted by Crippen LogP contribution is -2.43. The van der Waals surface area contributed by atoms with Crippen LogP contribution in [0.2, 0.25) is 0 Å². The van der Waals surface area contributed by atoms with Gasteiger partial charge in [0, 0.05) is 23.6 Å². The average molecular weight is 328 g/mol. The third kappa shape index (κ3) is 3.82. The second-order valence-electron chi connectivity index (χ2n) is 5.03. The molecule has 23 heavy (non-hydrogen) atoms. The Morgan fingerprint density at radius 1 is 1.30 bits per heavy atom. The van der Waals surface area contributed by atoms with Crippen LogP contribution in [0.3, 0.4) is 0 Å². The van der Waals surface area contributed by atoms with E-state index in [0.29, 0.717) is 11.9 Å². The molecule has 1 aromatic carbocycles. The Hall–Kier alpha value is -2.51. The molecule has 1 heterocycles. The molecule has 1 amide bonds. The fraction of sp³-hybridized carbons (Fsp3) is 0.333. The van der Waals surface area contributed by atoms with E-state index in [0.717, 1.165) is 5.52 Å². The van der Waals surface area contributed by atoms with E-state index in [1.54, 1.807) is 28.8 Å². The highest BCUT2D eigenvalue weighted by atomic mass is 19.4. The number of aryl methyl sites for hydroxylation is 1. The number of para-hydroxylation sites is 1. The first-order valence-corrected chi connectivity index (χ1v) is 6.91. The minimum atomic E-state index is -4.69. The Labute approximate surface area is 129 Å². The number of amides is 1. The van der Waals surface area contributed by atoms with E-state index in [4.69, 9.17) is 5.11 Å². The number of nitrogens with zero attached hydrogens (tertiary/aromatic N) is 1. The van der Waals surface area contributed by atoms with Crippen molar-refractivity contribution < 1.29 is 27.9 Å². The Kier molecular flexibility index (Phi) is 4.63. The van der Waals surface area contributed by atoms with Crippen LogP contribution in [0.25, 0.3) is 10.9 Å². The molecule has 2 N–H and O–H groups in total. The minimum Gasteiger partial charge on any atom is -0.480 e. The summed E-state index contributed by atoms with van der Waals surface area (Å²) < 4.78 is 39.0. The molecule has 5 nitrogen and oxygen atoms in total. The largest absolute Gasteiger partial charge is 0.480 e. The second kappa shape index (κ2) is 6.31. The van der Waals surface area contributed by atoms with Gasteiger partial charge in [-0.05, 0) is 13.0 Å². The van der Waals surface area contributed by atoms with Crippen molar-refractivity contribution in [3.63, 3.8) is 0 Å². The predicted octanol–water partition coefficient (Wildman–Crippen LogP) is 2.80. The Bertz CT molecular complexity index is 737. The lowest BCUT2D eigenvalue weighted by atomic mass is 10.1. The summed E-state index contributed by atoms with van der Waals surface area (Å²) in [6.07, 6.45) is -4.80. The van der Waals surface area contributed by atoms with Crippen molar-refractivity contribution in [3.8, 4) is 0 Å². The van der Waals surface area contributed by atoms with Gasteiger partial charge in [0.1, 0.15) is 6.04 Å². The van der Waals surface area contributed by atoms with Gasteiger partial charge in [0.25, 0.3) is 5.91 Å². The number of alkyl halides is 3. The maximum absolute atomic E-state index is 12.4. The SMILES string of the molecule is CCn1cc(C(=O)NC(CC(F)(F)F)C(=O)O)c2ccccc21. The Balaban J connectivity index is 2.31. The maximum atomic E-state index is 12.4. The van der Waals surface area contributed by atoms with Crippen molar-refractivity contribution in [2.45, 2.75) is 32.1 Å². The lowest BCUT2D eigenvalue weighted by Gasteiger charge is -2.16. The second-order valence-corrected chi connectivity index (χ2v) is 5.03. The van der Waals surface area contributed by atoms with Crippen LogP contribution in [0.1, 0.15) is 23.7 Å². The molecular formula is C15H15F3N2O3. The zero-order chi connectivity index (χ0) is 17.2. The van der Waals surface area contributed by atoms with Gasteiger partial charge in [-0.2, -0.15) is 13.2 Å². The van der Waals surface area contributed by atoms with E-state index < -0.39 is 30.5 Å². The highest BCUT2D eigenvalue weighted by Crippen LogP contribution is 2.24. The Morgan fingerprint density at radius 3 is 2.52 bits per heavy atom. The summed E-state index contributed by atoms with van der Waals surface area (Å²) in [5, 5.41) is 11.4. The van der Waals surface area contributed by atoms with Crippen LogP contribution in [0.5, 0.6) is 0 Å². The summed E-state index contributed by atoms with van der Waals surface area (Å²) in [6, 6.07) is 4.89. The van der Waals surface area contributed by atoms with E-state index in [2.05, 4.69) is 0 Å². The molecule has 0 aliphatic heterocycles. The summed E-state index contributed by atoms with van der Waals surface area (Å²) >= 11 is 0. The molecule has 124 valence electrons. The third-order valence-corrected chi connectivity index (χ3v) is 3.41. The topological polar surface area (TPSA) is 71.3 Å². The fourth-order valence-corrected chi connectivity index (χ4v) is 2.36. The average Bonchev–Trinajstić information content (AvgIpc) is 2.84. The number of carbonyl (C=O) groups excluding carboxylic acids is 1. The van der Waals surface area contributed by atoms with Crippen molar-refractivity contribution in [1.29, 1.82) is 0 Å². The summed E-state index contributed by atoms with van der Waals surface area (Å²) in [5.74, 6) is -2.57. The molecule has 8 heteroatoms. The van der Waals surface area contributed by atoms with E-state index in [9.17, 15) is 22.8 Å². The van der Waals surface area contributed by atoms with Crippen LogP contribution < -0.4 is 5.32 Å². The Morgan fingerprint density at radius 2 is 1.96 bits per heavy atom. The van der Waals surface area contributed by atoms with Gasteiger partial charge in [-0.1, -0.05) is 18.2 Å². The smallest absolute Gasteiger partial charge is 0.391 e. The molecule has 2 rings (SSSR count). The summed E-state index contributed by atoms with van der Waals surface area (Å²) in [7, 11) is 0. The summed E-state index contributed by atoms with van der Waals surface area (Å²) in [5.41, 5.74) is 0.902. The van der Waals surface area contributed by atoms with Crippen LogP contribution in [-0.4, -0.2) is 33.8 Å². The molecule has 0 aliphatic carbocycles. The lowest BCUT2D eigenvalue weighted by molar-refractivity contribution is -0.157. The number of fused-ring (bicyclic) bond motifs is 1. The molecule has 0 saturated carbocycles. The first-order valence-electron chi connectivity index (χ1n) is 6.91. The van der Waals surface area contributed by atoms with Crippen molar-refractivity contribution >= 4 is 22.8 Å². The monoisotopic (exact) mass is 328 g/mol. The molecule has 0 aliphatic rings. The van der Waals surface area contributed by atoms with Crippen molar-refractivity contribution in [2.24, 2.45) is 0 Å². The van der Waals surface area contributed by atoms with Crippen molar-refractivity contribution in [2.75, 3.05) is 0 Å². The molecular weight excluding hydrogens is 313 g/mol. The standard InChI is InChI=1S/C15H15F3N2O3/c1-2-20-8-10(9-5-3-4-6-12(9)20)13(21)19-11(14(22)23)7-15(16,17)18/h3-6,8,11H,2,7H2,1H3,(H,19,21)(H,22,23). The minimum absolute atomic E-state index is 0.149. The zero-order valence-electron chi connectivity index (χ0n) is 12.2. The van der Waals surface area contributed by atoms with Gasteiger partial charge in [0.2, 0.25) is 0 Å². The number of carboxylic acids is 1. The maximum Gasteiger partial charge on any atom is 0.391 e. The first-order chi connectivity index (χ1) is 10.7. The van der Waals surface area contributed by atoms with Crippen LogP contribution >= 0.6 is 0 Å². The number of hydrogen-bond acceptors (Lipinski definition) is 2. The van der Waals surface area contributed by atoms with E-state index in [1.807, 2.05) is 12.2 Å². The fourth-order valence-electron chi connectivity index (χ4n) is 2.36. The summed E-state index contributed by atoms with van der Waals surface area (Å²) in [6.45, 7) is 2.43. The molecule has 0 fully saturated rings. The van der Waals surface area contributed by atoms with Gasteiger partial charge in [0.05, 0.1) is 12.0 Å². The van der Waals surface area contributed by atoms with Gasteiger partial charge in [-0.25, -0.2) is 4.79 Å². The number of carbonyl (C=O) groups is 2. The van der Waals surface area contributed by atoms with Gasteiger partial charge in [0.15, 0.2) is 0 Å². The number of rotatable bonds is 5. The van der Waals surface area contributed by atoms with E-state index >= 15 is 0 Å². The number of aliphatic carboxylic acids is 1. The van der Waals surface area contributed by atoms with Crippen molar-refractivity contribution in [1.82, 2.24) is 9.88 Å². The van der Waals surface area contributed by atoms with Gasteiger partial charge in [-0.3, -0.25) is 4.79 Å². The number of aromatic nitrogens is 1. The first kappa shape index (κ1) is 16.9. The highest BCUT2D eigenvalue weighted by Gasteiger charge is 2.36. The molecule has 2 aromatic rings. The normalized spacial score (nSPS) is 13.0. The van der Waals surface area contributed by atoms with Crippen LogP contribution in [-0.2, 0) is 11.3 Å². The quantitative estimate of drug-likeness (QED) is 0.886. The highest BCUT2D eigenvalue weighted by molar-refractivity contribution is 6.07. The number of carboxylic acid groups (broad SMARTS) is 1. The molecule has 0 spiro atoms. The number of hydrogen-bond donors (Lipinski definition) is 2. The van der Waals surface area contributed by atoms with E-state index in [-0.39, 0.29) is 5.56 Å². The molecule has 1 atom stereocenters. The molecule has 0 radical (unpaired) electrons. The zero-order valence-corrected chi connectivity index (χ0v) is 12.2. The van der Waals surface area contributed by atoms with Crippen LogP contribution in [0.15, 0.2) is 30.5 Å². The van der Waals surface area contributed by atoms with Crippen molar-refractivity contribution in [3.05, 3.63) is 36.0 Å². The van der Waals surface area contributed by atoms with Gasteiger partial charge >= 0.3 is 12.1 Å². The van der Waals surface area contributed by atoms with Gasteiger partial charge in [-0.15, -0.1) is 0 Å².